The third-order valence-corrected chi connectivity index (χ3v) is 3.68. The second-order valence-corrected chi connectivity index (χ2v) is 5.07. The van der Waals surface area contributed by atoms with E-state index in [9.17, 15) is 5.11 Å². The summed E-state index contributed by atoms with van der Waals surface area (Å²) in [5.74, 6) is 0.844. The van der Waals surface area contributed by atoms with E-state index in [1.807, 2.05) is 0 Å². The number of aliphatic hydroxyl groups is 1. The largest absolute Gasteiger partial charge is 0.393 e. The molecule has 0 amide bonds. The molecule has 2 aliphatic carbocycles. The molecule has 0 saturated heterocycles. The molecule has 2 rings (SSSR count). The summed E-state index contributed by atoms with van der Waals surface area (Å²) in [6, 6.07) is 1.16. The normalized spacial score (nSPS) is 34.0. The average molecular weight is 213 g/mol. The standard InChI is InChI=1S/C12H23NO2/c1-15-8-12(9-2-3-9)13-10-4-6-11(14)7-5-10/h9-14H,2-8H2,1H3. The molecule has 2 saturated carbocycles. The quantitative estimate of drug-likeness (QED) is 0.723. The first kappa shape index (κ1) is 11.4. The number of methoxy groups -OCH3 is 1. The van der Waals surface area contributed by atoms with Gasteiger partial charge in [0, 0.05) is 19.2 Å². The molecule has 2 fully saturated rings. The molecule has 1 unspecified atom stereocenters. The molecule has 1 atom stereocenters. The number of aliphatic hydroxyl groups excluding tert-OH is 1. The Bertz CT molecular complexity index is 186. The lowest BCUT2D eigenvalue weighted by Gasteiger charge is -2.30. The summed E-state index contributed by atoms with van der Waals surface area (Å²) < 4.78 is 5.26. The van der Waals surface area contributed by atoms with Gasteiger partial charge in [-0.05, 0) is 44.4 Å². The van der Waals surface area contributed by atoms with Crippen LogP contribution in [0.2, 0.25) is 0 Å². The Morgan fingerprint density at radius 2 is 1.87 bits per heavy atom. The summed E-state index contributed by atoms with van der Waals surface area (Å²) in [5.41, 5.74) is 0. The van der Waals surface area contributed by atoms with Crippen molar-refractivity contribution in [2.24, 2.45) is 5.92 Å². The summed E-state index contributed by atoms with van der Waals surface area (Å²) in [4.78, 5) is 0. The van der Waals surface area contributed by atoms with Crippen molar-refractivity contribution >= 4 is 0 Å². The lowest BCUT2D eigenvalue weighted by molar-refractivity contribution is 0.102. The third-order valence-electron chi connectivity index (χ3n) is 3.68. The van der Waals surface area contributed by atoms with E-state index in [-0.39, 0.29) is 6.10 Å². The summed E-state index contributed by atoms with van der Waals surface area (Å²) in [7, 11) is 1.78. The number of rotatable bonds is 5. The second-order valence-electron chi connectivity index (χ2n) is 5.07. The fraction of sp³-hybridized carbons (Fsp3) is 1.00. The van der Waals surface area contributed by atoms with Crippen molar-refractivity contribution in [3.63, 3.8) is 0 Å². The van der Waals surface area contributed by atoms with E-state index in [0.717, 1.165) is 38.2 Å². The molecule has 0 heterocycles. The molecule has 0 spiro atoms. The summed E-state index contributed by atoms with van der Waals surface area (Å²) >= 11 is 0. The summed E-state index contributed by atoms with van der Waals surface area (Å²) in [5, 5.41) is 13.1. The maximum Gasteiger partial charge on any atom is 0.0618 e. The molecule has 0 bridgehead atoms. The van der Waals surface area contributed by atoms with Gasteiger partial charge in [-0.3, -0.25) is 0 Å². The predicted molar refractivity (Wildman–Crippen MR) is 59.8 cm³/mol. The Balaban J connectivity index is 1.73. The number of hydrogen-bond donors (Lipinski definition) is 2. The molecule has 0 aliphatic heterocycles. The van der Waals surface area contributed by atoms with E-state index in [2.05, 4.69) is 5.32 Å². The minimum atomic E-state index is -0.0511. The Morgan fingerprint density at radius 3 is 2.40 bits per heavy atom. The highest BCUT2D eigenvalue weighted by Gasteiger charge is 2.33. The fourth-order valence-corrected chi connectivity index (χ4v) is 2.54. The minimum Gasteiger partial charge on any atom is -0.393 e. The van der Waals surface area contributed by atoms with E-state index >= 15 is 0 Å². The molecule has 0 aromatic carbocycles. The van der Waals surface area contributed by atoms with Crippen LogP contribution in [0, 0.1) is 5.92 Å². The average Bonchev–Trinajstić information content (AvgIpc) is 3.04. The second kappa shape index (κ2) is 5.28. The predicted octanol–water partition coefficient (Wildman–Crippen LogP) is 1.30. The molecule has 0 radical (unpaired) electrons. The van der Waals surface area contributed by atoms with E-state index in [0.29, 0.717) is 12.1 Å². The van der Waals surface area contributed by atoms with E-state index < -0.39 is 0 Å². The SMILES string of the molecule is COCC(NC1CCC(O)CC1)C1CC1. The van der Waals surface area contributed by atoms with Gasteiger partial charge in [0.1, 0.15) is 0 Å². The van der Waals surface area contributed by atoms with Gasteiger partial charge in [-0.1, -0.05) is 0 Å². The van der Waals surface area contributed by atoms with Crippen molar-refractivity contribution in [3.8, 4) is 0 Å². The van der Waals surface area contributed by atoms with Crippen LogP contribution < -0.4 is 5.32 Å². The van der Waals surface area contributed by atoms with Crippen molar-refractivity contribution in [2.45, 2.75) is 56.7 Å². The van der Waals surface area contributed by atoms with Crippen molar-refractivity contribution in [1.82, 2.24) is 5.32 Å². The highest BCUT2D eigenvalue weighted by atomic mass is 16.5. The van der Waals surface area contributed by atoms with Gasteiger partial charge in [0.2, 0.25) is 0 Å². The molecular formula is C12H23NO2. The zero-order valence-corrected chi connectivity index (χ0v) is 9.61. The first-order valence-corrected chi connectivity index (χ1v) is 6.22. The van der Waals surface area contributed by atoms with Gasteiger partial charge in [0.05, 0.1) is 12.7 Å². The molecule has 0 aromatic heterocycles. The lowest BCUT2D eigenvalue weighted by Crippen LogP contribution is -2.44. The Labute approximate surface area is 92.2 Å². The highest BCUT2D eigenvalue weighted by molar-refractivity contribution is 4.89. The van der Waals surface area contributed by atoms with Crippen LogP contribution in [0.15, 0.2) is 0 Å². The van der Waals surface area contributed by atoms with Gasteiger partial charge in [0.25, 0.3) is 0 Å². The van der Waals surface area contributed by atoms with Crippen LogP contribution >= 0.6 is 0 Å². The van der Waals surface area contributed by atoms with Crippen molar-refractivity contribution < 1.29 is 9.84 Å². The first-order valence-electron chi connectivity index (χ1n) is 6.22. The van der Waals surface area contributed by atoms with Crippen molar-refractivity contribution in [2.75, 3.05) is 13.7 Å². The molecule has 15 heavy (non-hydrogen) atoms. The molecule has 2 aliphatic rings. The van der Waals surface area contributed by atoms with Crippen molar-refractivity contribution in [3.05, 3.63) is 0 Å². The van der Waals surface area contributed by atoms with Crippen LogP contribution in [0.3, 0.4) is 0 Å². The molecule has 3 nitrogen and oxygen atoms in total. The van der Waals surface area contributed by atoms with Gasteiger partial charge in [-0.2, -0.15) is 0 Å². The van der Waals surface area contributed by atoms with Crippen molar-refractivity contribution in [1.29, 1.82) is 0 Å². The first-order chi connectivity index (χ1) is 7.29. The smallest absolute Gasteiger partial charge is 0.0618 e. The lowest BCUT2D eigenvalue weighted by atomic mass is 9.92. The van der Waals surface area contributed by atoms with Gasteiger partial charge in [-0.15, -0.1) is 0 Å². The van der Waals surface area contributed by atoms with Gasteiger partial charge < -0.3 is 15.2 Å². The Morgan fingerprint density at radius 1 is 1.20 bits per heavy atom. The highest BCUT2D eigenvalue weighted by Crippen LogP contribution is 2.33. The Hall–Kier alpha value is -0.120. The zero-order valence-electron chi connectivity index (χ0n) is 9.61. The fourth-order valence-electron chi connectivity index (χ4n) is 2.54. The van der Waals surface area contributed by atoms with E-state index in [4.69, 9.17) is 4.74 Å². The zero-order chi connectivity index (χ0) is 10.7. The third kappa shape index (κ3) is 3.44. The molecule has 3 heteroatoms. The maximum absolute atomic E-state index is 9.43. The van der Waals surface area contributed by atoms with Gasteiger partial charge in [0.15, 0.2) is 0 Å². The number of ether oxygens (including phenoxy) is 1. The maximum atomic E-state index is 9.43. The van der Waals surface area contributed by atoms with Crippen LogP contribution in [0.25, 0.3) is 0 Å². The van der Waals surface area contributed by atoms with Crippen LogP contribution in [0.5, 0.6) is 0 Å². The summed E-state index contributed by atoms with van der Waals surface area (Å²) in [6.45, 7) is 0.837. The molecule has 0 aromatic rings. The number of nitrogens with one attached hydrogen (secondary N) is 1. The van der Waals surface area contributed by atoms with Crippen LogP contribution in [0.4, 0.5) is 0 Å². The van der Waals surface area contributed by atoms with Crippen LogP contribution in [0.1, 0.15) is 38.5 Å². The van der Waals surface area contributed by atoms with Gasteiger partial charge >= 0.3 is 0 Å². The van der Waals surface area contributed by atoms with E-state index in [1.54, 1.807) is 7.11 Å². The molecular weight excluding hydrogens is 190 g/mol. The van der Waals surface area contributed by atoms with E-state index in [1.165, 1.54) is 12.8 Å². The molecule has 88 valence electrons. The topological polar surface area (TPSA) is 41.5 Å². The molecule has 2 N–H and O–H groups in total. The monoisotopic (exact) mass is 213 g/mol. The summed E-state index contributed by atoms with van der Waals surface area (Å²) in [6.07, 6.45) is 6.82. The van der Waals surface area contributed by atoms with Crippen LogP contribution in [-0.4, -0.2) is 37.0 Å². The van der Waals surface area contributed by atoms with Gasteiger partial charge in [-0.25, -0.2) is 0 Å². The number of hydrogen-bond acceptors (Lipinski definition) is 3. The van der Waals surface area contributed by atoms with Crippen LogP contribution in [-0.2, 0) is 4.74 Å². The minimum absolute atomic E-state index is 0.0511. The Kier molecular flexibility index (Phi) is 4.00.